The Bertz CT molecular complexity index is 664. The van der Waals surface area contributed by atoms with Crippen LogP contribution in [0, 0.1) is 11.7 Å². The molecule has 5 nitrogen and oxygen atoms in total. The van der Waals surface area contributed by atoms with Crippen LogP contribution in [0.3, 0.4) is 0 Å². The van der Waals surface area contributed by atoms with Crippen LogP contribution in [0.1, 0.15) is 23.7 Å². The number of pyridine rings is 1. The van der Waals surface area contributed by atoms with Gasteiger partial charge in [-0.15, -0.1) is 0 Å². The molecule has 0 saturated carbocycles. The van der Waals surface area contributed by atoms with E-state index in [-0.39, 0.29) is 24.1 Å². The number of nitrogens with one attached hydrogen (secondary N) is 2. The second-order valence-corrected chi connectivity index (χ2v) is 5.33. The lowest BCUT2D eigenvalue weighted by Gasteiger charge is -2.14. The number of aliphatic hydroxyl groups excluding tert-OH is 1. The van der Waals surface area contributed by atoms with Gasteiger partial charge < -0.3 is 15.7 Å². The maximum atomic E-state index is 13.7. The van der Waals surface area contributed by atoms with E-state index in [0.29, 0.717) is 24.3 Å². The highest BCUT2D eigenvalue weighted by Gasteiger charge is 2.14. The average molecular weight is 317 g/mol. The zero-order chi connectivity index (χ0) is 16.7. The number of nitrogens with zero attached hydrogens (tertiary/aromatic N) is 1. The Balaban J connectivity index is 2.11. The van der Waals surface area contributed by atoms with Gasteiger partial charge in [0.2, 0.25) is 0 Å². The summed E-state index contributed by atoms with van der Waals surface area (Å²) in [5.41, 5.74) is 0.598. The van der Waals surface area contributed by atoms with Gasteiger partial charge in [-0.05, 0) is 36.6 Å². The van der Waals surface area contributed by atoms with Gasteiger partial charge >= 0.3 is 0 Å². The first-order valence-electron chi connectivity index (χ1n) is 7.47. The van der Waals surface area contributed by atoms with Crippen molar-refractivity contribution < 1.29 is 14.3 Å². The molecule has 122 valence electrons. The van der Waals surface area contributed by atoms with Crippen LogP contribution in [0.15, 0.2) is 42.6 Å². The maximum absolute atomic E-state index is 13.7. The minimum absolute atomic E-state index is 0.0873. The van der Waals surface area contributed by atoms with E-state index >= 15 is 0 Å². The Hall–Kier alpha value is -2.47. The lowest BCUT2D eigenvalue weighted by molar-refractivity contribution is 0.0946. The van der Waals surface area contributed by atoms with Crippen LogP contribution < -0.4 is 10.6 Å². The van der Waals surface area contributed by atoms with E-state index in [1.165, 1.54) is 12.3 Å². The van der Waals surface area contributed by atoms with Gasteiger partial charge in [0.1, 0.15) is 11.6 Å². The van der Waals surface area contributed by atoms with Crippen LogP contribution in [0.5, 0.6) is 0 Å². The number of anilines is 2. The standard InChI is InChI=1S/C17H20FN3O2/c1-12(8-10-22)11-20-17(23)13-5-4-9-19-16(13)21-15-7-3-2-6-14(15)18/h2-7,9,12,22H,8,10-11H2,1H3,(H,19,21)(H,20,23). The van der Waals surface area contributed by atoms with E-state index in [0.717, 1.165) is 0 Å². The van der Waals surface area contributed by atoms with Crippen molar-refractivity contribution in [3.8, 4) is 0 Å². The fourth-order valence-electron chi connectivity index (χ4n) is 2.06. The van der Waals surface area contributed by atoms with Crippen molar-refractivity contribution in [1.82, 2.24) is 10.3 Å². The molecule has 0 fully saturated rings. The zero-order valence-corrected chi connectivity index (χ0v) is 12.9. The number of aromatic nitrogens is 1. The van der Waals surface area contributed by atoms with Gasteiger partial charge in [-0.2, -0.15) is 0 Å². The number of carbonyl (C=O) groups excluding carboxylic acids is 1. The van der Waals surface area contributed by atoms with E-state index in [4.69, 9.17) is 5.11 Å². The number of amides is 1. The van der Waals surface area contributed by atoms with Gasteiger partial charge in [-0.25, -0.2) is 9.37 Å². The molecule has 1 aromatic carbocycles. The Kier molecular flexibility index (Phi) is 6.05. The minimum Gasteiger partial charge on any atom is -0.396 e. The topological polar surface area (TPSA) is 74.2 Å². The van der Waals surface area contributed by atoms with Crippen LogP contribution in [-0.4, -0.2) is 29.1 Å². The first-order chi connectivity index (χ1) is 11.1. The van der Waals surface area contributed by atoms with Crippen LogP contribution in [0.4, 0.5) is 15.9 Å². The molecule has 0 bridgehead atoms. The molecule has 0 aliphatic carbocycles. The molecule has 1 aromatic heterocycles. The quantitative estimate of drug-likeness (QED) is 0.734. The Morgan fingerprint density at radius 1 is 1.30 bits per heavy atom. The summed E-state index contributed by atoms with van der Waals surface area (Å²) in [5, 5.41) is 14.5. The first-order valence-corrected chi connectivity index (χ1v) is 7.47. The SMILES string of the molecule is CC(CCO)CNC(=O)c1cccnc1Nc1ccccc1F. The van der Waals surface area contributed by atoms with Crippen molar-refractivity contribution in [3.63, 3.8) is 0 Å². The summed E-state index contributed by atoms with van der Waals surface area (Å²) < 4.78 is 13.7. The molecule has 0 radical (unpaired) electrons. The number of hydrogen-bond donors (Lipinski definition) is 3. The third-order valence-corrected chi connectivity index (χ3v) is 3.41. The fourth-order valence-corrected chi connectivity index (χ4v) is 2.06. The van der Waals surface area contributed by atoms with Crippen molar-refractivity contribution in [2.24, 2.45) is 5.92 Å². The van der Waals surface area contributed by atoms with E-state index in [2.05, 4.69) is 15.6 Å². The summed E-state index contributed by atoms with van der Waals surface area (Å²) in [5.74, 6) is -0.240. The summed E-state index contributed by atoms with van der Waals surface area (Å²) >= 11 is 0. The third kappa shape index (κ3) is 4.75. The van der Waals surface area contributed by atoms with Gasteiger partial charge in [-0.1, -0.05) is 19.1 Å². The van der Waals surface area contributed by atoms with E-state index in [1.54, 1.807) is 30.3 Å². The molecule has 0 saturated heterocycles. The van der Waals surface area contributed by atoms with E-state index < -0.39 is 5.82 Å². The predicted molar refractivity (Wildman–Crippen MR) is 87.1 cm³/mol. The normalized spacial score (nSPS) is 11.8. The van der Waals surface area contributed by atoms with Gasteiger partial charge in [0.15, 0.2) is 0 Å². The number of benzene rings is 1. The molecule has 1 amide bonds. The second kappa shape index (κ2) is 8.24. The van der Waals surface area contributed by atoms with Crippen molar-refractivity contribution in [1.29, 1.82) is 0 Å². The number of aliphatic hydroxyl groups is 1. The maximum Gasteiger partial charge on any atom is 0.255 e. The molecule has 0 aliphatic rings. The van der Waals surface area contributed by atoms with Crippen LogP contribution in [0.2, 0.25) is 0 Å². The number of hydrogen-bond acceptors (Lipinski definition) is 4. The third-order valence-electron chi connectivity index (χ3n) is 3.41. The van der Waals surface area contributed by atoms with E-state index in [1.807, 2.05) is 6.92 Å². The number of carbonyl (C=O) groups is 1. The summed E-state index contributed by atoms with van der Waals surface area (Å²) in [7, 11) is 0. The molecule has 1 unspecified atom stereocenters. The van der Waals surface area contributed by atoms with Crippen LogP contribution >= 0.6 is 0 Å². The highest BCUT2D eigenvalue weighted by Crippen LogP contribution is 2.20. The van der Waals surface area contributed by atoms with E-state index in [9.17, 15) is 9.18 Å². The molecule has 6 heteroatoms. The number of para-hydroxylation sites is 1. The smallest absolute Gasteiger partial charge is 0.255 e. The fraction of sp³-hybridized carbons (Fsp3) is 0.294. The molecule has 1 heterocycles. The average Bonchev–Trinajstić information content (AvgIpc) is 2.55. The highest BCUT2D eigenvalue weighted by molar-refractivity contribution is 5.99. The van der Waals surface area contributed by atoms with Gasteiger partial charge in [0.05, 0.1) is 11.3 Å². The van der Waals surface area contributed by atoms with Crippen LogP contribution in [0.25, 0.3) is 0 Å². The minimum atomic E-state index is -0.416. The lowest BCUT2D eigenvalue weighted by Crippen LogP contribution is -2.29. The van der Waals surface area contributed by atoms with Gasteiger partial charge in [0, 0.05) is 19.3 Å². The van der Waals surface area contributed by atoms with Crippen molar-refractivity contribution >= 4 is 17.4 Å². The largest absolute Gasteiger partial charge is 0.396 e. The summed E-state index contributed by atoms with van der Waals surface area (Å²) in [6.07, 6.45) is 2.15. The number of rotatable bonds is 7. The molecular weight excluding hydrogens is 297 g/mol. The number of halogens is 1. The Labute approximate surface area is 134 Å². The second-order valence-electron chi connectivity index (χ2n) is 5.33. The van der Waals surface area contributed by atoms with Gasteiger partial charge in [0.25, 0.3) is 5.91 Å². The van der Waals surface area contributed by atoms with Gasteiger partial charge in [-0.3, -0.25) is 4.79 Å². The molecule has 0 spiro atoms. The molecule has 2 aromatic rings. The highest BCUT2D eigenvalue weighted by atomic mass is 19.1. The summed E-state index contributed by atoms with van der Waals surface area (Å²) in [4.78, 5) is 16.4. The molecular formula is C17H20FN3O2. The first kappa shape index (κ1) is 16.9. The lowest BCUT2D eigenvalue weighted by atomic mass is 10.1. The molecule has 0 aliphatic heterocycles. The van der Waals surface area contributed by atoms with Crippen molar-refractivity contribution in [2.45, 2.75) is 13.3 Å². The molecule has 1 atom stereocenters. The zero-order valence-electron chi connectivity index (χ0n) is 12.9. The monoisotopic (exact) mass is 317 g/mol. The van der Waals surface area contributed by atoms with Crippen molar-refractivity contribution in [2.75, 3.05) is 18.5 Å². The Morgan fingerprint density at radius 2 is 2.09 bits per heavy atom. The van der Waals surface area contributed by atoms with Crippen molar-refractivity contribution in [3.05, 3.63) is 54.0 Å². The molecule has 2 rings (SSSR count). The predicted octanol–water partition coefficient (Wildman–Crippen LogP) is 2.71. The molecule has 23 heavy (non-hydrogen) atoms. The molecule has 3 N–H and O–H groups in total. The summed E-state index contributed by atoms with van der Waals surface area (Å²) in [6.45, 7) is 2.48. The summed E-state index contributed by atoms with van der Waals surface area (Å²) in [6, 6.07) is 9.48. The van der Waals surface area contributed by atoms with Crippen LogP contribution in [-0.2, 0) is 0 Å². The Morgan fingerprint density at radius 3 is 2.83 bits per heavy atom.